The number of aromatic nitrogens is 1. The molecule has 0 aliphatic carbocycles. The third-order valence-electron chi connectivity index (χ3n) is 7.17. The third kappa shape index (κ3) is 6.11. The average molecular weight is 575 g/mol. The molecule has 1 atom stereocenters. The standard InChI is InChI=1S/C33H34N8S/c1-3-22(2)35-29-16-17-31(26-9-5-4-8-25(26)29)39-40-32-19-18-30(27-10-6-7-11-28(27)32)38-36-23-12-14-24(15-13-23)37-41-33-34-20-21-42-33/h4-22,35-40H,3H2,1-2H3,(H,34,41). The van der Waals surface area contributed by atoms with Gasteiger partial charge >= 0.3 is 0 Å². The van der Waals surface area contributed by atoms with Crippen LogP contribution in [0.4, 0.5) is 39.3 Å². The topological polar surface area (TPSA) is 97.1 Å². The van der Waals surface area contributed by atoms with Gasteiger partial charge in [0.05, 0.1) is 28.4 Å². The smallest absolute Gasteiger partial charge is 0.201 e. The summed E-state index contributed by atoms with van der Waals surface area (Å²) in [7, 11) is 0. The van der Waals surface area contributed by atoms with E-state index < -0.39 is 0 Å². The molecule has 0 radical (unpaired) electrons. The molecule has 212 valence electrons. The molecule has 6 aromatic rings. The average Bonchev–Trinajstić information content (AvgIpc) is 3.57. The number of anilines is 7. The predicted molar refractivity (Wildman–Crippen MR) is 182 cm³/mol. The second-order valence-electron chi connectivity index (χ2n) is 10.0. The minimum absolute atomic E-state index is 0.409. The fourth-order valence-corrected chi connectivity index (χ4v) is 5.22. The first-order valence-corrected chi connectivity index (χ1v) is 14.9. The minimum Gasteiger partial charge on any atom is -0.382 e. The Balaban J connectivity index is 1.15. The zero-order valence-electron chi connectivity index (χ0n) is 23.5. The Morgan fingerprint density at radius 3 is 1.50 bits per heavy atom. The van der Waals surface area contributed by atoms with Crippen LogP contribution in [0.5, 0.6) is 0 Å². The lowest BCUT2D eigenvalue weighted by molar-refractivity contribution is 0.765. The van der Waals surface area contributed by atoms with Gasteiger partial charge in [-0.2, -0.15) is 0 Å². The summed E-state index contributed by atoms with van der Waals surface area (Å²) >= 11 is 1.54. The van der Waals surface area contributed by atoms with E-state index in [-0.39, 0.29) is 0 Å². The molecule has 7 N–H and O–H groups in total. The van der Waals surface area contributed by atoms with Gasteiger partial charge < -0.3 is 27.0 Å². The van der Waals surface area contributed by atoms with E-state index >= 15 is 0 Å². The van der Waals surface area contributed by atoms with Gasteiger partial charge in [-0.3, -0.25) is 10.9 Å². The molecule has 8 nitrogen and oxygen atoms in total. The van der Waals surface area contributed by atoms with E-state index in [4.69, 9.17) is 0 Å². The number of hydrogen-bond donors (Lipinski definition) is 7. The Hall–Kier alpha value is -5.15. The Kier molecular flexibility index (Phi) is 8.09. The van der Waals surface area contributed by atoms with Gasteiger partial charge in [-0.1, -0.05) is 55.5 Å². The zero-order valence-corrected chi connectivity index (χ0v) is 24.3. The van der Waals surface area contributed by atoms with Crippen LogP contribution in [0.25, 0.3) is 21.5 Å². The molecule has 0 aliphatic heterocycles. The van der Waals surface area contributed by atoms with E-state index in [0.29, 0.717) is 6.04 Å². The molecule has 1 unspecified atom stereocenters. The maximum atomic E-state index is 4.21. The van der Waals surface area contributed by atoms with Gasteiger partial charge in [-0.05, 0) is 61.9 Å². The summed E-state index contributed by atoms with van der Waals surface area (Å²) in [5.74, 6) is 0. The molecular formula is C33H34N8S. The number of nitrogens with zero attached hydrogens (tertiary/aromatic N) is 1. The van der Waals surface area contributed by atoms with Gasteiger partial charge in [0, 0.05) is 44.9 Å². The van der Waals surface area contributed by atoms with Crippen molar-refractivity contribution in [2.75, 3.05) is 37.9 Å². The predicted octanol–water partition coefficient (Wildman–Crippen LogP) is 8.98. The van der Waals surface area contributed by atoms with Crippen molar-refractivity contribution < 1.29 is 0 Å². The molecule has 1 heterocycles. The van der Waals surface area contributed by atoms with Gasteiger partial charge in [0.1, 0.15) is 0 Å². The normalized spacial score (nSPS) is 11.6. The molecule has 0 bridgehead atoms. The van der Waals surface area contributed by atoms with Crippen LogP contribution in [0, 0.1) is 0 Å². The van der Waals surface area contributed by atoms with E-state index in [2.05, 4.69) is 129 Å². The summed E-state index contributed by atoms with van der Waals surface area (Å²) in [6.45, 7) is 4.40. The van der Waals surface area contributed by atoms with E-state index in [1.807, 2.05) is 29.6 Å². The van der Waals surface area contributed by atoms with Crippen molar-refractivity contribution in [3.63, 3.8) is 0 Å². The highest BCUT2D eigenvalue weighted by Crippen LogP contribution is 2.33. The number of benzene rings is 5. The lowest BCUT2D eigenvalue weighted by atomic mass is 10.1. The Labute approximate surface area is 249 Å². The molecule has 0 spiro atoms. The van der Waals surface area contributed by atoms with Crippen LogP contribution in [0.15, 0.2) is 109 Å². The number of fused-ring (bicyclic) bond motifs is 2. The maximum Gasteiger partial charge on any atom is 0.201 e. The summed E-state index contributed by atoms with van der Waals surface area (Å²) < 4.78 is 0. The van der Waals surface area contributed by atoms with Crippen molar-refractivity contribution in [3.8, 4) is 0 Å². The summed E-state index contributed by atoms with van der Waals surface area (Å²) in [6.07, 6.45) is 2.84. The number of thiazole rings is 1. The molecular weight excluding hydrogens is 540 g/mol. The molecule has 0 fully saturated rings. The Morgan fingerprint density at radius 2 is 1.02 bits per heavy atom. The third-order valence-corrected chi connectivity index (χ3v) is 7.86. The number of nitrogens with one attached hydrogen (secondary N) is 7. The SMILES string of the molecule is CCC(C)Nc1ccc(NNc2ccc(NNc3ccc(NNc4nccs4)cc3)c3ccccc23)c2ccccc12. The van der Waals surface area contributed by atoms with Crippen molar-refractivity contribution in [1.82, 2.24) is 4.98 Å². The molecule has 0 amide bonds. The van der Waals surface area contributed by atoms with Gasteiger partial charge in [-0.25, -0.2) is 4.98 Å². The van der Waals surface area contributed by atoms with Gasteiger partial charge in [0.2, 0.25) is 5.13 Å². The fraction of sp³-hybridized carbons (Fsp3) is 0.121. The van der Waals surface area contributed by atoms with Gasteiger partial charge in [-0.15, -0.1) is 11.3 Å². The first-order chi connectivity index (χ1) is 20.7. The van der Waals surface area contributed by atoms with Crippen LogP contribution < -0.4 is 37.9 Å². The molecule has 6 rings (SSSR count). The number of hydrogen-bond acceptors (Lipinski definition) is 9. The van der Waals surface area contributed by atoms with Crippen LogP contribution in [0.2, 0.25) is 0 Å². The molecule has 5 aromatic carbocycles. The molecule has 42 heavy (non-hydrogen) atoms. The Bertz CT molecular complexity index is 1770. The summed E-state index contributed by atoms with van der Waals surface area (Å²) in [5.41, 5.74) is 25.9. The first-order valence-electron chi connectivity index (χ1n) is 14.0. The lowest BCUT2D eigenvalue weighted by Crippen LogP contribution is -2.14. The zero-order chi connectivity index (χ0) is 28.7. The van der Waals surface area contributed by atoms with Crippen LogP contribution in [0.3, 0.4) is 0 Å². The summed E-state index contributed by atoms with van der Waals surface area (Å²) in [5, 5.41) is 10.9. The summed E-state index contributed by atoms with van der Waals surface area (Å²) in [6, 6.07) is 33.7. The van der Waals surface area contributed by atoms with Crippen LogP contribution in [0.1, 0.15) is 20.3 Å². The van der Waals surface area contributed by atoms with E-state index in [1.165, 1.54) is 16.7 Å². The second-order valence-corrected chi connectivity index (χ2v) is 10.9. The molecule has 0 saturated carbocycles. The monoisotopic (exact) mass is 574 g/mol. The second kappa shape index (κ2) is 12.6. The van der Waals surface area contributed by atoms with E-state index in [1.54, 1.807) is 6.20 Å². The largest absolute Gasteiger partial charge is 0.382 e. The number of hydrazine groups is 3. The number of rotatable bonds is 12. The molecule has 0 aliphatic rings. The first kappa shape index (κ1) is 27.0. The van der Waals surface area contributed by atoms with Crippen molar-refractivity contribution in [2.45, 2.75) is 26.3 Å². The highest BCUT2D eigenvalue weighted by Gasteiger charge is 2.10. The van der Waals surface area contributed by atoms with E-state index in [9.17, 15) is 0 Å². The highest BCUT2D eigenvalue weighted by atomic mass is 32.1. The van der Waals surface area contributed by atoms with Crippen LogP contribution in [-0.2, 0) is 0 Å². The van der Waals surface area contributed by atoms with Crippen molar-refractivity contribution >= 4 is 72.1 Å². The molecule has 0 saturated heterocycles. The van der Waals surface area contributed by atoms with Gasteiger partial charge in [0.15, 0.2) is 0 Å². The van der Waals surface area contributed by atoms with Crippen molar-refractivity contribution in [1.29, 1.82) is 0 Å². The Morgan fingerprint density at radius 1 is 0.571 bits per heavy atom. The minimum atomic E-state index is 0.409. The van der Waals surface area contributed by atoms with Crippen molar-refractivity contribution in [2.24, 2.45) is 0 Å². The molecule has 9 heteroatoms. The van der Waals surface area contributed by atoms with Gasteiger partial charge in [0.25, 0.3) is 0 Å². The maximum absolute atomic E-state index is 4.21. The molecule has 1 aromatic heterocycles. The van der Waals surface area contributed by atoms with Crippen LogP contribution in [-0.4, -0.2) is 11.0 Å². The fourth-order valence-electron chi connectivity index (χ4n) is 4.74. The lowest BCUT2D eigenvalue weighted by Gasteiger charge is -2.19. The highest BCUT2D eigenvalue weighted by molar-refractivity contribution is 7.13. The van der Waals surface area contributed by atoms with Crippen LogP contribution >= 0.6 is 11.3 Å². The van der Waals surface area contributed by atoms with E-state index in [0.717, 1.165) is 61.8 Å². The summed E-state index contributed by atoms with van der Waals surface area (Å²) in [4.78, 5) is 4.21. The quantitative estimate of drug-likeness (QED) is 0.0728. The van der Waals surface area contributed by atoms with Crippen molar-refractivity contribution in [3.05, 3.63) is 109 Å².